The van der Waals surface area contributed by atoms with E-state index in [1.165, 1.54) is 0 Å². The molecule has 0 amide bonds. The van der Waals surface area contributed by atoms with Crippen molar-refractivity contribution >= 4 is 15.5 Å². The maximum Gasteiger partial charge on any atom is 0.178 e. The third kappa shape index (κ3) is 3.97. The Balaban J connectivity index is 2.77. The summed E-state index contributed by atoms with van der Waals surface area (Å²) in [5, 5.41) is 3.18. The number of sulfone groups is 1. The van der Waals surface area contributed by atoms with Crippen molar-refractivity contribution in [1.29, 1.82) is 0 Å². The van der Waals surface area contributed by atoms with Crippen LogP contribution in [0.25, 0.3) is 0 Å². The van der Waals surface area contributed by atoms with Crippen molar-refractivity contribution in [3.05, 3.63) is 24.3 Å². The summed E-state index contributed by atoms with van der Waals surface area (Å²) in [5.41, 5.74) is 6.42. The third-order valence-electron chi connectivity index (χ3n) is 2.62. The maximum absolute atomic E-state index is 11.6. The second-order valence-electron chi connectivity index (χ2n) is 3.96. The predicted octanol–water partition coefficient (Wildman–Crippen LogP) is 0.866. The van der Waals surface area contributed by atoms with Crippen LogP contribution in [0.2, 0.25) is 0 Å². The van der Waals surface area contributed by atoms with Crippen molar-refractivity contribution in [3.63, 3.8) is 0 Å². The predicted molar refractivity (Wildman–Crippen MR) is 72.5 cm³/mol. The zero-order valence-electron chi connectivity index (χ0n) is 10.7. The van der Waals surface area contributed by atoms with E-state index < -0.39 is 9.84 Å². The quantitative estimate of drug-likeness (QED) is 0.769. The van der Waals surface area contributed by atoms with Gasteiger partial charge in [-0.25, -0.2) is 8.42 Å². The standard InChI is InChI=1S/C12H20N2O3S/c1-3-18(15,16)12-6-4-10(5-7-12)14-11(8-13)9-17-2/h4-7,11,14H,3,8-9,13H2,1-2H3. The van der Waals surface area contributed by atoms with Crippen LogP contribution in [-0.2, 0) is 14.6 Å². The first kappa shape index (κ1) is 14.9. The monoisotopic (exact) mass is 272 g/mol. The van der Waals surface area contributed by atoms with E-state index in [0.717, 1.165) is 5.69 Å². The molecule has 1 aromatic rings. The topological polar surface area (TPSA) is 81.4 Å². The van der Waals surface area contributed by atoms with Gasteiger partial charge in [0.2, 0.25) is 0 Å². The molecule has 1 atom stereocenters. The van der Waals surface area contributed by atoms with E-state index >= 15 is 0 Å². The molecule has 18 heavy (non-hydrogen) atoms. The third-order valence-corrected chi connectivity index (χ3v) is 4.37. The number of nitrogens with two attached hydrogens (primary N) is 1. The van der Waals surface area contributed by atoms with Gasteiger partial charge in [0.05, 0.1) is 23.3 Å². The van der Waals surface area contributed by atoms with E-state index in [4.69, 9.17) is 10.5 Å². The van der Waals surface area contributed by atoms with Crippen LogP contribution < -0.4 is 11.1 Å². The second-order valence-corrected chi connectivity index (χ2v) is 6.24. The Labute approximate surface area is 108 Å². The Morgan fingerprint density at radius 3 is 2.39 bits per heavy atom. The molecule has 0 fully saturated rings. The number of rotatable bonds is 7. The summed E-state index contributed by atoms with van der Waals surface area (Å²) < 4.78 is 28.3. The number of anilines is 1. The molecule has 0 aliphatic carbocycles. The van der Waals surface area contributed by atoms with Gasteiger partial charge in [-0.05, 0) is 24.3 Å². The Bertz CT molecular complexity index is 457. The van der Waals surface area contributed by atoms with E-state index in [2.05, 4.69) is 5.32 Å². The summed E-state index contributed by atoms with van der Waals surface area (Å²) in [6.45, 7) is 2.58. The lowest BCUT2D eigenvalue weighted by atomic mass is 10.2. The number of ether oxygens (including phenoxy) is 1. The number of nitrogens with one attached hydrogen (secondary N) is 1. The fourth-order valence-electron chi connectivity index (χ4n) is 1.53. The first-order chi connectivity index (χ1) is 8.53. The van der Waals surface area contributed by atoms with Crippen molar-refractivity contribution in [2.24, 2.45) is 5.73 Å². The highest BCUT2D eigenvalue weighted by Crippen LogP contribution is 2.15. The van der Waals surface area contributed by atoms with Crippen LogP contribution >= 0.6 is 0 Å². The zero-order chi connectivity index (χ0) is 13.6. The summed E-state index contributed by atoms with van der Waals surface area (Å²) in [7, 11) is -1.52. The molecule has 5 nitrogen and oxygen atoms in total. The van der Waals surface area contributed by atoms with Gasteiger partial charge in [-0.1, -0.05) is 6.92 Å². The van der Waals surface area contributed by atoms with Crippen LogP contribution in [0.5, 0.6) is 0 Å². The molecule has 0 heterocycles. The van der Waals surface area contributed by atoms with Gasteiger partial charge in [0.15, 0.2) is 9.84 Å². The van der Waals surface area contributed by atoms with Crippen LogP contribution in [0.15, 0.2) is 29.2 Å². The summed E-state index contributed by atoms with van der Waals surface area (Å²) in [6.07, 6.45) is 0. The zero-order valence-corrected chi connectivity index (χ0v) is 11.5. The Hall–Kier alpha value is -1.11. The average Bonchev–Trinajstić information content (AvgIpc) is 2.39. The first-order valence-corrected chi connectivity index (χ1v) is 7.47. The minimum atomic E-state index is -3.14. The molecule has 1 rings (SSSR count). The summed E-state index contributed by atoms with van der Waals surface area (Å²) in [5.74, 6) is 0.106. The van der Waals surface area contributed by atoms with Crippen LogP contribution in [0, 0.1) is 0 Å². The maximum atomic E-state index is 11.6. The van der Waals surface area contributed by atoms with Gasteiger partial charge in [0, 0.05) is 19.3 Å². The molecule has 3 N–H and O–H groups in total. The molecule has 0 aromatic heterocycles. The largest absolute Gasteiger partial charge is 0.383 e. The fourth-order valence-corrected chi connectivity index (χ4v) is 2.41. The molecule has 0 bridgehead atoms. The van der Waals surface area contributed by atoms with Crippen LogP contribution in [0.1, 0.15) is 6.92 Å². The van der Waals surface area contributed by atoms with Gasteiger partial charge in [-0.2, -0.15) is 0 Å². The lowest BCUT2D eigenvalue weighted by molar-refractivity contribution is 0.187. The molecule has 6 heteroatoms. The lowest BCUT2D eigenvalue weighted by Crippen LogP contribution is -2.33. The molecule has 0 aliphatic rings. The first-order valence-electron chi connectivity index (χ1n) is 5.81. The molecule has 0 radical (unpaired) electrons. The molecule has 0 spiro atoms. The lowest BCUT2D eigenvalue weighted by Gasteiger charge is -2.17. The van der Waals surface area contributed by atoms with E-state index in [0.29, 0.717) is 18.0 Å². The summed E-state index contributed by atoms with van der Waals surface area (Å²) in [6, 6.07) is 6.69. The summed E-state index contributed by atoms with van der Waals surface area (Å²) >= 11 is 0. The molecular formula is C12H20N2O3S. The highest BCUT2D eigenvalue weighted by atomic mass is 32.2. The number of methoxy groups -OCH3 is 1. The van der Waals surface area contributed by atoms with Gasteiger partial charge in [0.25, 0.3) is 0 Å². The highest BCUT2D eigenvalue weighted by Gasteiger charge is 2.11. The van der Waals surface area contributed by atoms with E-state index in [9.17, 15) is 8.42 Å². The van der Waals surface area contributed by atoms with E-state index in [1.807, 2.05) is 0 Å². The Morgan fingerprint density at radius 1 is 1.33 bits per heavy atom. The smallest absolute Gasteiger partial charge is 0.178 e. The Morgan fingerprint density at radius 2 is 1.94 bits per heavy atom. The molecule has 0 aliphatic heterocycles. The van der Waals surface area contributed by atoms with Crippen molar-refractivity contribution in [2.45, 2.75) is 17.9 Å². The van der Waals surface area contributed by atoms with Gasteiger partial charge < -0.3 is 15.8 Å². The number of hydrogen-bond donors (Lipinski definition) is 2. The summed E-state index contributed by atoms with van der Waals surface area (Å²) in [4.78, 5) is 0.339. The molecule has 0 saturated carbocycles. The number of hydrogen-bond acceptors (Lipinski definition) is 5. The van der Waals surface area contributed by atoms with Crippen LogP contribution in [-0.4, -0.2) is 40.5 Å². The van der Waals surface area contributed by atoms with Gasteiger partial charge in [-0.15, -0.1) is 0 Å². The molecule has 102 valence electrons. The van der Waals surface area contributed by atoms with Gasteiger partial charge >= 0.3 is 0 Å². The minimum Gasteiger partial charge on any atom is -0.383 e. The number of benzene rings is 1. The van der Waals surface area contributed by atoms with E-state index in [1.54, 1.807) is 38.3 Å². The molecule has 1 aromatic carbocycles. The SMILES string of the molecule is CCS(=O)(=O)c1ccc(NC(CN)COC)cc1. The van der Waals surface area contributed by atoms with Crippen molar-refractivity contribution < 1.29 is 13.2 Å². The van der Waals surface area contributed by atoms with E-state index in [-0.39, 0.29) is 11.8 Å². The molecule has 0 saturated heterocycles. The van der Waals surface area contributed by atoms with Crippen molar-refractivity contribution in [1.82, 2.24) is 0 Å². The fraction of sp³-hybridized carbons (Fsp3) is 0.500. The van der Waals surface area contributed by atoms with Crippen LogP contribution in [0.4, 0.5) is 5.69 Å². The van der Waals surface area contributed by atoms with Gasteiger partial charge in [-0.3, -0.25) is 0 Å². The average molecular weight is 272 g/mol. The highest BCUT2D eigenvalue weighted by molar-refractivity contribution is 7.91. The van der Waals surface area contributed by atoms with Crippen molar-refractivity contribution in [3.8, 4) is 0 Å². The van der Waals surface area contributed by atoms with Crippen molar-refractivity contribution in [2.75, 3.05) is 31.3 Å². The van der Waals surface area contributed by atoms with Crippen LogP contribution in [0.3, 0.4) is 0 Å². The Kier molecular flexibility index (Phi) is 5.58. The molecule has 1 unspecified atom stereocenters. The second kappa shape index (κ2) is 6.72. The normalized spacial score (nSPS) is 13.3. The minimum absolute atomic E-state index is 0.0173. The van der Waals surface area contributed by atoms with Gasteiger partial charge in [0.1, 0.15) is 0 Å². The molecular weight excluding hydrogens is 252 g/mol.